The Hall–Kier alpha value is -3.04. The minimum Gasteiger partial charge on any atom is -0.325 e. The Kier molecular flexibility index (Phi) is 8.52. The summed E-state index contributed by atoms with van der Waals surface area (Å²) in [5.41, 5.74) is 2.32. The number of Topliss-reactive ketones (excluding diaryl/α,β-unsaturated/α-hetero) is 1. The molecule has 0 aliphatic heterocycles. The summed E-state index contributed by atoms with van der Waals surface area (Å²) >= 11 is 2.56. The molecule has 0 spiro atoms. The van der Waals surface area contributed by atoms with Gasteiger partial charge in [0.05, 0.1) is 5.25 Å². The number of aromatic nitrogens is 2. The van der Waals surface area contributed by atoms with E-state index in [1.807, 2.05) is 37.3 Å². The number of nitrogens with one attached hydrogen (secondary N) is 2. The minimum absolute atomic E-state index is 0.0240. The fourth-order valence-corrected chi connectivity index (χ4v) is 4.78. The van der Waals surface area contributed by atoms with Gasteiger partial charge >= 0.3 is 0 Å². The predicted molar refractivity (Wildman–Crippen MR) is 128 cm³/mol. The van der Waals surface area contributed by atoms with Crippen LogP contribution in [0.1, 0.15) is 42.6 Å². The molecule has 0 radical (unpaired) electrons. The highest BCUT2D eigenvalue weighted by atomic mass is 32.2. The molecule has 0 aliphatic rings. The zero-order chi connectivity index (χ0) is 22.9. The fraction of sp³-hybridized carbons (Fsp3) is 0.261. The van der Waals surface area contributed by atoms with Crippen molar-refractivity contribution in [3.8, 4) is 0 Å². The summed E-state index contributed by atoms with van der Waals surface area (Å²) in [7, 11) is 0. The molecule has 2 amide bonds. The maximum Gasteiger partial charge on any atom is 0.237 e. The lowest BCUT2D eigenvalue weighted by atomic mass is 10.1. The number of amides is 2. The Morgan fingerprint density at radius 3 is 2.38 bits per heavy atom. The van der Waals surface area contributed by atoms with E-state index < -0.39 is 0 Å². The molecule has 0 fully saturated rings. The van der Waals surface area contributed by atoms with Gasteiger partial charge in [-0.05, 0) is 49.6 Å². The second-order valence-electron chi connectivity index (χ2n) is 7.04. The summed E-state index contributed by atoms with van der Waals surface area (Å²) in [6, 6.07) is 16.6. The highest BCUT2D eigenvalue weighted by molar-refractivity contribution is 8.02. The second-order valence-corrected chi connectivity index (χ2v) is 9.47. The van der Waals surface area contributed by atoms with Gasteiger partial charge in [0.25, 0.3) is 0 Å². The van der Waals surface area contributed by atoms with E-state index in [1.165, 1.54) is 30.0 Å². The number of hydrogen-bond donors (Lipinski definition) is 2. The predicted octanol–water partition coefficient (Wildman–Crippen LogP) is 4.82. The number of rotatable bonds is 10. The molecule has 32 heavy (non-hydrogen) atoms. The van der Waals surface area contributed by atoms with Crippen LogP contribution in [0.3, 0.4) is 0 Å². The molecule has 0 saturated heterocycles. The van der Waals surface area contributed by atoms with Crippen LogP contribution >= 0.6 is 23.1 Å². The van der Waals surface area contributed by atoms with Gasteiger partial charge in [0, 0.05) is 17.7 Å². The summed E-state index contributed by atoms with van der Waals surface area (Å²) in [6.45, 7) is 3.42. The van der Waals surface area contributed by atoms with Crippen molar-refractivity contribution in [3.05, 3.63) is 65.7 Å². The number of anilines is 2. The van der Waals surface area contributed by atoms with Crippen LogP contribution in [-0.2, 0) is 16.0 Å². The van der Waals surface area contributed by atoms with Crippen molar-refractivity contribution in [1.29, 1.82) is 0 Å². The summed E-state index contributed by atoms with van der Waals surface area (Å²) < 4.78 is 0.609. The highest BCUT2D eigenvalue weighted by Crippen LogP contribution is 2.31. The number of hydrogen-bond acceptors (Lipinski definition) is 7. The first-order valence-corrected chi connectivity index (χ1v) is 11.9. The van der Waals surface area contributed by atoms with E-state index in [-0.39, 0.29) is 22.8 Å². The Morgan fingerprint density at radius 1 is 1.00 bits per heavy atom. The Balaban J connectivity index is 1.51. The number of ketones is 1. The van der Waals surface area contributed by atoms with Gasteiger partial charge in [0.15, 0.2) is 10.1 Å². The summed E-state index contributed by atoms with van der Waals surface area (Å²) in [5, 5.41) is 13.8. The minimum atomic E-state index is -0.364. The molecule has 1 atom stereocenters. The SMILES string of the molecule is CCC(Sc1nnc(NC(=O)CCc2ccccc2)s1)C(=O)Nc1ccc(C(C)=O)cc1. The standard InChI is InChI=1S/C23H24N4O3S2/c1-3-19(21(30)24-18-12-10-17(11-13-18)15(2)28)31-23-27-26-22(32-23)25-20(29)14-9-16-7-5-4-6-8-16/h4-8,10-13,19H,3,9,14H2,1-2H3,(H,24,30)(H,25,26,29). The summed E-state index contributed by atoms with van der Waals surface area (Å²) in [4.78, 5) is 36.2. The third kappa shape index (κ3) is 7.00. The summed E-state index contributed by atoms with van der Waals surface area (Å²) in [5.74, 6) is -0.304. The zero-order valence-corrected chi connectivity index (χ0v) is 19.5. The van der Waals surface area contributed by atoms with Gasteiger partial charge < -0.3 is 10.6 Å². The van der Waals surface area contributed by atoms with Crippen molar-refractivity contribution in [2.45, 2.75) is 42.7 Å². The van der Waals surface area contributed by atoms with Crippen LogP contribution in [0, 0.1) is 0 Å². The number of aryl methyl sites for hydroxylation is 1. The van der Waals surface area contributed by atoms with Crippen LogP contribution in [0.4, 0.5) is 10.8 Å². The molecule has 0 bridgehead atoms. The molecule has 3 aromatic rings. The lowest BCUT2D eigenvalue weighted by molar-refractivity contribution is -0.116. The molecule has 2 N–H and O–H groups in total. The Labute approximate surface area is 195 Å². The fourth-order valence-electron chi connectivity index (χ4n) is 2.85. The molecule has 0 aliphatic carbocycles. The van der Waals surface area contributed by atoms with Gasteiger partial charge in [0.1, 0.15) is 0 Å². The van der Waals surface area contributed by atoms with Crippen molar-refractivity contribution < 1.29 is 14.4 Å². The molecular weight excluding hydrogens is 444 g/mol. The van der Waals surface area contributed by atoms with Gasteiger partial charge in [-0.25, -0.2) is 0 Å². The van der Waals surface area contributed by atoms with Gasteiger partial charge in [-0.15, -0.1) is 10.2 Å². The average Bonchev–Trinajstić information content (AvgIpc) is 3.23. The number of carbonyl (C=O) groups is 3. The van der Waals surface area contributed by atoms with Crippen molar-refractivity contribution in [2.75, 3.05) is 10.6 Å². The Bertz CT molecular complexity index is 1070. The number of thioether (sulfide) groups is 1. The average molecular weight is 469 g/mol. The van der Waals surface area contributed by atoms with Crippen LogP contribution in [0.15, 0.2) is 58.9 Å². The van der Waals surface area contributed by atoms with Crippen molar-refractivity contribution in [3.63, 3.8) is 0 Å². The summed E-state index contributed by atoms with van der Waals surface area (Å²) in [6.07, 6.45) is 1.60. The van der Waals surface area contributed by atoms with E-state index in [1.54, 1.807) is 24.3 Å². The lowest BCUT2D eigenvalue weighted by Gasteiger charge is -2.13. The van der Waals surface area contributed by atoms with Gasteiger partial charge in [0.2, 0.25) is 16.9 Å². The van der Waals surface area contributed by atoms with Crippen LogP contribution in [0.2, 0.25) is 0 Å². The van der Waals surface area contributed by atoms with E-state index in [0.717, 1.165) is 5.56 Å². The molecule has 166 valence electrons. The normalized spacial score (nSPS) is 11.6. The number of benzene rings is 2. The van der Waals surface area contributed by atoms with E-state index in [9.17, 15) is 14.4 Å². The molecule has 3 rings (SSSR count). The molecule has 1 aromatic heterocycles. The monoisotopic (exact) mass is 468 g/mol. The third-order valence-corrected chi connectivity index (χ3v) is 6.89. The second kappa shape index (κ2) is 11.5. The van der Waals surface area contributed by atoms with Crippen molar-refractivity contribution in [1.82, 2.24) is 10.2 Å². The van der Waals surface area contributed by atoms with Gasteiger partial charge in [-0.1, -0.05) is 60.4 Å². The maximum atomic E-state index is 12.7. The number of carbonyl (C=O) groups excluding carboxylic acids is 3. The molecule has 0 saturated carbocycles. The molecule has 1 heterocycles. The molecule has 9 heteroatoms. The first kappa shape index (κ1) is 23.6. The largest absolute Gasteiger partial charge is 0.325 e. The van der Waals surface area contributed by atoms with E-state index in [2.05, 4.69) is 20.8 Å². The maximum absolute atomic E-state index is 12.7. The zero-order valence-electron chi connectivity index (χ0n) is 17.8. The van der Waals surface area contributed by atoms with E-state index in [4.69, 9.17) is 0 Å². The van der Waals surface area contributed by atoms with Gasteiger partial charge in [-0.2, -0.15) is 0 Å². The molecule has 1 unspecified atom stereocenters. The smallest absolute Gasteiger partial charge is 0.237 e. The topological polar surface area (TPSA) is 101 Å². The lowest BCUT2D eigenvalue weighted by Crippen LogP contribution is -2.24. The quantitative estimate of drug-likeness (QED) is 0.251. The molecule has 7 nitrogen and oxygen atoms in total. The Morgan fingerprint density at radius 2 is 1.72 bits per heavy atom. The number of nitrogens with zero attached hydrogens (tertiary/aromatic N) is 2. The third-order valence-electron chi connectivity index (χ3n) is 4.60. The van der Waals surface area contributed by atoms with Crippen LogP contribution < -0.4 is 10.6 Å². The van der Waals surface area contributed by atoms with E-state index in [0.29, 0.717) is 40.0 Å². The van der Waals surface area contributed by atoms with E-state index >= 15 is 0 Å². The van der Waals surface area contributed by atoms with Crippen molar-refractivity contribution in [2.24, 2.45) is 0 Å². The molecular formula is C23H24N4O3S2. The van der Waals surface area contributed by atoms with Crippen LogP contribution in [0.25, 0.3) is 0 Å². The van der Waals surface area contributed by atoms with Crippen LogP contribution in [-0.4, -0.2) is 33.0 Å². The van der Waals surface area contributed by atoms with Crippen molar-refractivity contribution >= 4 is 51.5 Å². The highest BCUT2D eigenvalue weighted by Gasteiger charge is 2.21. The van der Waals surface area contributed by atoms with Crippen LogP contribution in [0.5, 0.6) is 0 Å². The van der Waals surface area contributed by atoms with Gasteiger partial charge in [-0.3, -0.25) is 14.4 Å². The first-order chi connectivity index (χ1) is 15.4. The molecule has 2 aromatic carbocycles. The first-order valence-electron chi connectivity index (χ1n) is 10.2.